The maximum absolute atomic E-state index is 13.1. The average molecular weight is 607 g/mol. The predicted molar refractivity (Wildman–Crippen MR) is 178 cm³/mol. The molecule has 1 unspecified atom stereocenters. The number of halogens is 1. The number of carbonyl (C=O) groups is 1. The number of aromatic amines is 1. The van der Waals surface area contributed by atoms with Crippen LogP contribution in [0, 0.1) is 0 Å². The maximum Gasteiger partial charge on any atom is 0.253 e. The number of imidazole rings is 1. The summed E-state index contributed by atoms with van der Waals surface area (Å²) in [7, 11) is 1.89. The number of pyridine rings is 1. The summed E-state index contributed by atoms with van der Waals surface area (Å²) < 4.78 is 0. The largest absolute Gasteiger partial charge is 0.353 e. The summed E-state index contributed by atoms with van der Waals surface area (Å²) in [6.45, 7) is 3.65. The number of amides is 1. The molecule has 44 heavy (non-hydrogen) atoms. The summed E-state index contributed by atoms with van der Waals surface area (Å²) in [5.41, 5.74) is 6.40. The van der Waals surface area contributed by atoms with E-state index in [0.717, 1.165) is 67.3 Å². The number of H-pyrrole nitrogens is 1. The number of nitrogens with one attached hydrogen (secondary N) is 2. The summed E-state index contributed by atoms with van der Waals surface area (Å²) >= 11 is 6.38. The standard InChI is InChI=1S/C36H39ClN6O/c1-42(35(44)27-7-3-2-4-8-27)25-30(28-9-5-11-31(37)24-28)15-20-43-21-16-32(17-22-43)39-36-40-33-12-6-10-29(34(33)41-36)23-26-13-18-38-19-14-26/h2-14,18-19,24,30,32H,15-17,20-23,25H2,1H3,(H2,39,40,41). The zero-order valence-corrected chi connectivity index (χ0v) is 25.9. The van der Waals surface area contributed by atoms with Crippen molar-refractivity contribution in [1.29, 1.82) is 0 Å². The SMILES string of the molecule is CN(CC(CCN1CCC(Nc2nc3c(Cc4ccncc4)cccc3[nH]2)CC1)c1cccc(Cl)c1)C(=O)c1ccccc1. The topological polar surface area (TPSA) is 77.2 Å². The molecule has 0 radical (unpaired) electrons. The van der Waals surface area contributed by atoms with Crippen LogP contribution in [-0.4, -0.2) is 69.9 Å². The molecule has 1 saturated heterocycles. The molecule has 2 N–H and O–H groups in total. The second kappa shape index (κ2) is 14.1. The van der Waals surface area contributed by atoms with Crippen LogP contribution in [0.1, 0.15) is 52.2 Å². The summed E-state index contributed by atoms with van der Waals surface area (Å²) in [6.07, 6.45) is 7.55. The predicted octanol–water partition coefficient (Wildman–Crippen LogP) is 7.02. The van der Waals surface area contributed by atoms with Gasteiger partial charge in [0.2, 0.25) is 5.95 Å². The second-order valence-electron chi connectivity index (χ2n) is 11.8. The van der Waals surface area contributed by atoms with Crippen molar-refractivity contribution in [3.05, 3.63) is 125 Å². The number of likely N-dealkylation sites (N-methyl/N-ethyl adjacent to an activating group) is 1. The van der Waals surface area contributed by atoms with Crippen molar-refractivity contribution in [1.82, 2.24) is 24.8 Å². The second-order valence-corrected chi connectivity index (χ2v) is 12.2. The first-order chi connectivity index (χ1) is 21.5. The van der Waals surface area contributed by atoms with E-state index in [1.165, 1.54) is 16.7 Å². The first kappa shape index (κ1) is 29.9. The van der Waals surface area contributed by atoms with Gasteiger partial charge < -0.3 is 20.1 Å². The number of para-hydroxylation sites is 1. The van der Waals surface area contributed by atoms with E-state index in [4.69, 9.17) is 16.6 Å². The van der Waals surface area contributed by atoms with Crippen molar-refractivity contribution < 1.29 is 4.79 Å². The van der Waals surface area contributed by atoms with Crippen molar-refractivity contribution in [3.8, 4) is 0 Å². The van der Waals surface area contributed by atoms with Gasteiger partial charge in [-0.05, 0) is 91.4 Å². The molecule has 0 spiro atoms. The van der Waals surface area contributed by atoms with Gasteiger partial charge in [-0.3, -0.25) is 9.78 Å². The Morgan fingerprint density at radius 2 is 1.80 bits per heavy atom. The molecule has 8 heteroatoms. The Morgan fingerprint density at radius 3 is 2.57 bits per heavy atom. The molecule has 3 aromatic carbocycles. The fourth-order valence-corrected chi connectivity index (χ4v) is 6.39. The molecule has 1 fully saturated rings. The molecule has 0 aliphatic carbocycles. The summed E-state index contributed by atoms with van der Waals surface area (Å²) in [4.78, 5) is 30.1. The number of nitrogens with zero attached hydrogens (tertiary/aromatic N) is 4. The van der Waals surface area contributed by atoms with Crippen LogP contribution in [0.3, 0.4) is 0 Å². The van der Waals surface area contributed by atoms with Gasteiger partial charge in [-0.1, -0.05) is 54.1 Å². The molecule has 1 aliphatic heterocycles. The number of fused-ring (bicyclic) bond motifs is 1. The third kappa shape index (κ3) is 7.47. The van der Waals surface area contributed by atoms with Crippen molar-refractivity contribution >= 4 is 34.5 Å². The number of anilines is 1. The van der Waals surface area contributed by atoms with Gasteiger partial charge in [-0.15, -0.1) is 0 Å². The summed E-state index contributed by atoms with van der Waals surface area (Å²) in [6, 6.07) is 28.4. The molecular weight excluding hydrogens is 568 g/mol. The zero-order chi connectivity index (χ0) is 30.3. The highest BCUT2D eigenvalue weighted by molar-refractivity contribution is 6.30. The van der Waals surface area contributed by atoms with Gasteiger partial charge in [-0.25, -0.2) is 4.98 Å². The first-order valence-corrected chi connectivity index (χ1v) is 15.8. The van der Waals surface area contributed by atoms with Gasteiger partial charge in [-0.2, -0.15) is 0 Å². The lowest BCUT2D eigenvalue weighted by atomic mass is 9.94. The fourth-order valence-electron chi connectivity index (χ4n) is 6.19. The van der Waals surface area contributed by atoms with Crippen LogP contribution in [0.4, 0.5) is 5.95 Å². The smallest absolute Gasteiger partial charge is 0.253 e. The number of piperidine rings is 1. The monoisotopic (exact) mass is 606 g/mol. The van der Waals surface area contributed by atoms with Crippen LogP contribution in [0.25, 0.3) is 11.0 Å². The molecule has 1 atom stereocenters. The summed E-state index contributed by atoms with van der Waals surface area (Å²) in [5, 5.41) is 4.40. The molecule has 3 heterocycles. The Labute approximate surface area is 264 Å². The van der Waals surface area contributed by atoms with E-state index in [0.29, 0.717) is 18.2 Å². The molecule has 6 rings (SSSR count). The Morgan fingerprint density at radius 1 is 1.02 bits per heavy atom. The van der Waals surface area contributed by atoms with E-state index in [2.05, 4.69) is 56.6 Å². The van der Waals surface area contributed by atoms with Gasteiger partial charge in [0, 0.05) is 61.6 Å². The highest BCUT2D eigenvalue weighted by Gasteiger charge is 2.23. The normalized spacial score (nSPS) is 14.9. The number of rotatable bonds is 11. The van der Waals surface area contributed by atoms with Crippen molar-refractivity contribution in [2.45, 2.75) is 37.6 Å². The Hall–Kier alpha value is -4.20. The number of hydrogen-bond acceptors (Lipinski definition) is 5. The van der Waals surface area contributed by atoms with Crippen LogP contribution in [0.5, 0.6) is 0 Å². The van der Waals surface area contributed by atoms with E-state index in [1.807, 2.05) is 72.9 Å². The lowest BCUT2D eigenvalue weighted by Gasteiger charge is -2.33. The van der Waals surface area contributed by atoms with E-state index < -0.39 is 0 Å². The lowest BCUT2D eigenvalue weighted by Crippen LogP contribution is -2.40. The minimum Gasteiger partial charge on any atom is -0.353 e. The van der Waals surface area contributed by atoms with Crippen LogP contribution in [0.2, 0.25) is 5.02 Å². The fraction of sp³-hybridized carbons (Fsp3) is 0.306. The molecule has 5 aromatic rings. The maximum atomic E-state index is 13.1. The Bertz CT molecular complexity index is 1670. The lowest BCUT2D eigenvalue weighted by molar-refractivity contribution is 0.0782. The molecule has 226 valence electrons. The first-order valence-electron chi connectivity index (χ1n) is 15.4. The highest BCUT2D eigenvalue weighted by atomic mass is 35.5. The van der Waals surface area contributed by atoms with E-state index in [-0.39, 0.29) is 11.8 Å². The van der Waals surface area contributed by atoms with E-state index in [1.54, 1.807) is 0 Å². The minimum absolute atomic E-state index is 0.0413. The third-order valence-electron chi connectivity index (χ3n) is 8.64. The molecule has 2 aromatic heterocycles. The third-order valence-corrected chi connectivity index (χ3v) is 8.88. The van der Waals surface area contributed by atoms with Crippen LogP contribution in [-0.2, 0) is 6.42 Å². The van der Waals surface area contributed by atoms with Crippen molar-refractivity contribution in [2.75, 3.05) is 38.5 Å². The number of benzene rings is 3. The Kier molecular flexibility index (Phi) is 9.54. The van der Waals surface area contributed by atoms with Crippen molar-refractivity contribution in [3.63, 3.8) is 0 Å². The molecule has 1 aliphatic rings. The van der Waals surface area contributed by atoms with Crippen LogP contribution >= 0.6 is 11.6 Å². The van der Waals surface area contributed by atoms with E-state index in [9.17, 15) is 4.79 Å². The Balaban J connectivity index is 1.04. The van der Waals surface area contributed by atoms with E-state index >= 15 is 0 Å². The van der Waals surface area contributed by atoms with Crippen molar-refractivity contribution in [2.24, 2.45) is 0 Å². The minimum atomic E-state index is 0.0413. The van der Waals surface area contributed by atoms with Gasteiger partial charge in [0.05, 0.1) is 11.0 Å². The summed E-state index contributed by atoms with van der Waals surface area (Å²) in [5.74, 6) is 1.08. The van der Waals surface area contributed by atoms with Gasteiger partial charge in [0.25, 0.3) is 5.91 Å². The number of likely N-dealkylation sites (tertiary alicyclic amines) is 1. The van der Waals surface area contributed by atoms with Crippen LogP contribution < -0.4 is 5.32 Å². The molecule has 0 saturated carbocycles. The number of aromatic nitrogens is 3. The average Bonchev–Trinajstić information content (AvgIpc) is 3.47. The van der Waals surface area contributed by atoms with Gasteiger partial charge in [0.1, 0.15) is 0 Å². The molecule has 1 amide bonds. The van der Waals surface area contributed by atoms with Gasteiger partial charge in [0.15, 0.2) is 0 Å². The number of hydrogen-bond donors (Lipinski definition) is 2. The molecule has 0 bridgehead atoms. The van der Waals surface area contributed by atoms with Crippen LogP contribution in [0.15, 0.2) is 97.3 Å². The quantitative estimate of drug-likeness (QED) is 0.169. The highest BCUT2D eigenvalue weighted by Crippen LogP contribution is 2.27. The molecular formula is C36H39ClN6O. The number of carbonyl (C=O) groups excluding carboxylic acids is 1. The zero-order valence-electron chi connectivity index (χ0n) is 25.1. The molecule has 7 nitrogen and oxygen atoms in total. The van der Waals surface area contributed by atoms with Gasteiger partial charge >= 0.3 is 0 Å².